The number of imide groups is 1. The van der Waals surface area contributed by atoms with Gasteiger partial charge < -0.3 is 10.1 Å². The number of urea groups is 1. The predicted octanol–water partition coefficient (Wildman–Crippen LogP) is 2.15. The summed E-state index contributed by atoms with van der Waals surface area (Å²) in [6.45, 7) is 3.99. The summed E-state index contributed by atoms with van der Waals surface area (Å²) in [5.74, 6) is -1.27. The van der Waals surface area contributed by atoms with Crippen LogP contribution in [-0.4, -0.2) is 82.5 Å². The third-order valence-corrected chi connectivity index (χ3v) is 6.14. The average molecular weight is 491 g/mol. The number of methoxy groups -OCH3 is 1. The Hall–Kier alpha value is -4.34. The van der Waals surface area contributed by atoms with Crippen molar-refractivity contribution in [2.24, 2.45) is 5.10 Å². The molecule has 0 aromatic heterocycles. The lowest BCUT2D eigenvalue weighted by Gasteiger charge is -2.28. The van der Waals surface area contributed by atoms with Gasteiger partial charge in [0.2, 0.25) is 6.04 Å². The summed E-state index contributed by atoms with van der Waals surface area (Å²) < 4.78 is 6.02. The SMILES string of the molecule is CCN1N=C(C)C2=[N+](CC(=O)Nc3ccc(C(=O)OC)cc3)C(=O)N(CCc3ccccc3)C(=O)C21. The molecule has 4 rings (SSSR count). The first-order valence-corrected chi connectivity index (χ1v) is 11.7. The highest BCUT2D eigenvalue weighted by atomic mass is 16.5. The second-order valence-corrected chi connectivity index (χ2v) is 8.44. The average Bonchev–Trinajstić information content (AvgIpc) is 3.23. The van der Waals surface area contributed by atoms with E-state index in [-0.39, 0.29) is 19.0 Å². The number of esters is 1. The molecule has 1 N–H and O–H groups in total. The van der Waals surface area contributed by atoms with E-state index in [9.17, 15) is 19.2 Å². The van der Waals surface area contributed by atoms with E-state index < -0.39 is 23.9 Å². The van der Waals surface area contributed by atoms with Gasteiger partial charge in [0.05, 0.1) is 12.7 Å². The fourth-order valence-corrected chi connectivity index (χ4v) is 4.37. The van der Waals surface area contributed by atoms with E-state index in [1.165, 1.54) is 28.7 Å². The number of benzene rings is 2. The van der Waals surface area contributed by atoms with E-state index in [0.29, 0.717) is 35.6 Å². The molecule has 0 fully saturated rings. The Morgan fingerprint density at radius 1 is 1.08 bits per heavy atom. The first-order valence-electron chi connectivity index (χ1n) is 11.7. The minimum Gasteiger partial charge on any atom is -0.465 e. The number of nitrogens with zero attached hydrogens (tertiary/aromatic N) is 4. The highest BCUT2D eigenvalue weighted by Gasteiger charge is 2.54. The summed E-state index contributed by atoms with van der Waals surface area (Å²) in [6.07, 6.45) is 0.499. The van der Waals surface area contributed by atoms with Gasteiger partial charge in [-0.2, -0.15) is 19.4 Å². The van der Waals surface area contributed by atoms with Crippen LogP contribution >= 0.6 is 0 Å². The van der Waals surface area contributed by atoms with Crippen molar-refractivity contribution in [2.75, 3.05) is 32.1 Å². The second kappa shape index (κ2) is 10.5. The summed E-state index contributed by atoms with van der Waals surface area (Å²) in [7, 11) is 1.29. The van der Waals surface area contributed by atoms with Crippen LogP contribution in [0.2, 0.25) is 0 Å². The van der Waals surface area contributed by atoms with Crippen molar-refractivity contribution in [1.29, 1.82) is 0 Å². The number of rotatable bonds is 8. The van der Waals surface area contributed by atoms with Crippen molar-refractivity contribution in [3.63, 3.8) is 0 Å². The van der Waals surface area contributed by atoms with Gasteiger partial charge >= 0.3 is 17.9 Å². The normalized spacial score (nSPS) is 17.2. The number of carbonyl (C=O) groups excluding carboxylic acids is 4. The number of hydrogen-bond donors (Lipinski definition) is 1. The minimum absolute atomic E-state index is 0.190. The molecule has 2 aliphatic heterocycles. The van der Waals surface area contributed by atoms with Crippen molar-refractivity contribution in [3.05, 3.63) is 65.7 Å². The zero-order chi connectivity index (χ0) is 25.8. The lowest BCUT2D eigenvalue weighted by molar-refractivity contribution is -0.426. The molecule has 0 bridgehead atoms. The molecule has 0 saturated heterocycles. The molecular formula is C26H28N5O5+. The fourth-order valence-electron chi connectivity index (χ4n) is 4.37. The van der Waals surface area contributed by atoms with Crippen LogP contribution in [0, 0.1) is 0 Å². The Balaban J connectivity index is 1.57. The highest BCUT2D eigenvalue weighted by molar-refractivity contribution is 6.48. The topological polar surface area (TPSA) is 111 Å². The van der Waals surface area contributed by atoms with E-state index in [4.69, 9.17) is 0 Å². The maximum absolute atomic E-state index is 13.5. The van der Waals surface area contributed by atoms with Crippen molar-refractivity contribution in [2.45, 2.75) is 26.3 Å². The van der Waals surface area contributed by atoms with Crippen LogP contribution in [0.5, 0.6) is 0 Å². The summed E-state index contributed by atoms with van der Waals surface area (Å²) in [5.41, 5.74) is 2.77. The number of fused-ring (bicyclic) bond motifs is 1. The molecule has 2 aromatic rings. The number of hydrogen-bond acceptors (Lipinski definition) is 7. The Kier molecular flexibility index (Phi) is 7.23. The maximum atomic E-state index is 13.5. The summed E-state index contributed by atoms with van der Waals surface area (Å²) in [5, 5.41) is 8.85. The number of anilines is 1. The molecule has 2 heterocycles. The summed E-state index contributed by atoms with van der Waals surface area (Å²) in [6, 6.07) is 14.5. The van der Waals surface area contributed by atoms with Gasteiger partial charge in [-0.3, -0.25) is 9.80 Å². The number of ether oxygens (including phenoxy) is 1. The van der Waals surface area contributed by atoms with Crippen molar-refractivity contribution >= 4 is 40.9 Å². The number of amides is 4. The van der Waals surface area contributed by atoms with E-state index in [1.807, 2.05) is 37.3 Å². The molecule has 1 atom stereocenters. The van der Waals surface area contributed by atoms with Crippen LogP contribution in [0.1, 0.15) is 29.8 Å². The maximum Gasteiger partial charge on any atom is 0.501 e. The van der Waals surface area contributed by atoms with E-state index in [2.05, 4.69) is 15.2 Å². The molecule has 2 aromatic carbocycles. The molecule has 36 heavy (non-hydrogen) atoms. The lowest BCUT2D eigenvalue weighted by Crippen LogP contribution is -2.61. The van der Waals surface area contributed by atoms with Gasteiger partial charge in [0.15, 0.2) is 12.3 Å². The van der Waals surface area contributed by atoms with Gasteiger partial charge in [0, 0.05) is 18.7 Å². The first-order chi connectivity index (χ1) is 17.3. The fraction of sp³-hybridized carbons (Fsp3) is 0.308. The van der Waals surface area contributed by atoms with Crippen LogP contribution < -0.4 is 5.32 Å². The van der Waals surface area contributed by atoms with E-state index in [1.54, 1.807) is 24.1 Å². The number of likely N-dealkylation sites (N-methyl/N-ethyl adjacent to an activating group) is 1. The van der Waals surface area contributed by atoms with Crippen LogP contribution in [0.25, 0.3) is 0 Å². The minimum atomic E-state index is -0.754. The zero-order valence-corrected chi connectivity index (χ0v) is 20.4. The largest absolute Gasteiger partial charge is 0.501 e. The van der Waals surface area contributed by atoms with Gasteiger partial charge in [-0.25, -0.2) is 9.59 Å². The second-order valence-electron chi connectivity index (χ2n) is 8.44. The first kappa shape index (κ1) is 24.8. The molecule has 0 radical (unpaired) electrons. The number of hydrazone groups is 1. The van der Waals surface area contributed by atoms with Crippen molar-refractivity contribution in [3.8, 4) is 0 Å². The molecular weight excluding hydrogens is 462 g/mol. The molecule has 4 amide bonds. The van der Waals surface area contributed by atoms with Crippen LogP contribution in [0.4, 0.5) is 10.5 Å². The Morgan fingerprint density at radius 2 is 1.78 bits per heavy atom. The molecule has 1 unspecified atom stereocenters. The third kappa shape index (κ3) is 4.88. The molecule has 0 spiro atoms. The van der Waals surface area contributed by atoms with Crippen molar-refractivity contribution in [1.82, 2.24) is 9.91 Å². The smallest absolute Gasteiger partial charge is 0.465 e. The molecule has 2 aliphatic rings. The standard InChI is InChI=1S/C26H27N5O5/c1-4-31-23-22(17(2)28-31)30(16-21(32)27-20-12-10-19(11-13-20)25(34)36-3)26(35)29(24(23)33)15-14-18-8-6-5-7-9-18/h5-13,23H,4,14-16H2,1-3H3/p+1. The summed E-state index contributed by atoms with van der Waals surface area (Å²) in [4.78, 5) is 52.7. The van der Waals surface area contributed by atoms with E-state index in [0.717, 1.165) is 5.56 Å². The van der Waals surface area contributed by atoms with Gasteiger partial charge in [0.25, 0.3) is 5.91 Å². The van der Waals surface area contributed by atoms with E-state index >= 15 is 0 Å². The molecule has 0 saturated carbocycles. The zero-order valence-electron chi connectivity index (χ0n) is 20.4. The van der Waals surface area contributed by atoms with Crippen LogP contribution in [0.3, 0.4) is 0 Å². The number of nitrogens with one attached hydrogen (secondary N) is 1. The Bertz CT molecular complexity index is 1250. The Morgan fingerprint density at radius 3 is 2.42 bits per heavy atom. The van der Waals surface area contributed by atoms with Crippen LogP contribution in [-0.2, 0) is 20.7 Å². The van der Waals surface area contributed by atoms with Crippen LogP contribution in [0.15, 0.2) is 59.7 Å². The Labute approximate surface area is 208 Å². The number of carbonyl (C=O) groups is 4. The molecule has 0 aliphatic carbocycles. The monoisotopic (exact) mass is 490 g/mol. The van der Waals surface area contributed by atoms with Gasteiger partial charge in [-0.1, -0.05) is 30.3 Å². The predicted molar refractivity (Wildman–Crippen MR) is 133 cm³/mol. The highest BCUT2D eigenvalue weighted by Crippen LogP contribution is 2.22. The van der Waals surface area contributed by atoms with Gasteiger partial charge in [0.1, 0.15) is 12.3 Å². The lowest BCUT2D eigenvalue weighted by atomic mass is 10.0. The molecule has 186 valence electrons. The molecule has 10 heteroatoms. The van der Waals surface area contributed by atoms with Crippen molar-refractivity contribution < 1.29 is 28.5 Å². The third-order valence-electron chi connectivity index (χ3n) is 6.14. The van der Waals surface area contributed by atoms with Gasteiger partial charge in [-0.05, 0) is 43.7 Å². The molecule has 10 nitrogen and oxygen atoms in total. The quantitative estimate of drug-likeness (QED) is 0.448. The van der Waals surface area contributed by atoms with Gasteiger partial charge in [-0.15, -0.1) is 0 Å². The summed E-state index contributed by atoms with van der Waals surface area (Å²) >= 11 is 0.